The zero-order chi connectivity index (χ0) is 17.7. The van der Waals surface area contributed by atoms with E-state index in [0.29, 0.717) is 23.6 Å². The fraction of sp³-hybridized carbons (Fsp3) is 0.176. The van der Waals surface area contributed by atoms with Gasteiger partial charge in [-0.1, -0.05) is 30.3 Å². The number of ketones is 1. The standard InChI is InChI=1S/C17H12F3NO3/c1-16(24,17(18,19)20)15(23)21-9-6-7-11-10-4-2-3-5-12(10)14(22)13(11)8-9/h2-8,24H,1H3,(H,21,23). The molecule has 0 bridgehead atoms. The lowest BCUT2D eigenvalue weighted by Crippen LogP contribution is -2.52. The number of anilines is 1. The molecule has 4 nitrogen and oxygen atoms in total. The summed E-state index contributed by atoms with van der Waals surface area (Å²) in [7, 11) is 0. The fourth-order valence-corrected chi connectivity index (χ4v) is 2.49. The molecule has 2 aromatic carbocycles. The van der Waals surface area contributed by atoms with Gasteiger partial charge in [0.15, 0.2) is 5.78 Å². The maximum absolute atomic E-state index is 12.7. The number of rotatable bonds is 2. The van der Waals surface area contributed by atoms with E-state index in [2.05, 4.69) is 0 Å². The van der Waals surface area contributed by atoms with Gasteiger partial charge in [-0.05, 0) is 30.2 Å². The summed E-state index contributed by atoms with van der Waals surface area (Å²) in [4.78, 5) is 24.1. The Balaban J connectivity index is 1.92. The summed E-state index contributed by atoms with van der Waals surface area (Å²) in [5, 5.41) is 11.4. The fourth-order valence-electron chi connectivity index (χ4n) is 2.49. The van der Waals surface area contributed by atoms with Gasteiger partial charge in [-0.3, -0.25) is 9.59 Å². The predicted octanol–water partition coefficient (Wildman–Crippen LogP) is 3.15. The van der Waals surface area contributed by atoms with Crippen LogP contribution in [0, 0.1) is 0 Å². The predicted molar refractivity (Wildman–Crippen MR) is 80.6 cm³/mol. The van der Waals surface area contributed by atoms with Crippen LogP contribution in [-0.4, -0.2) is 28.6 Å². The SMILES string of the molecule is CC(O)(C(=O)Nc1ccc2c(c1)C(=O)c1ccccc1-2)C(F)(F)F. The highest BCUT2D eigenvalue weighted by Crippen LogP contribution is 2.38. The summed E-state index contributed by atoms with van der Waals surface area (Å²) in [5.74, 6) is -1.88. The van der Waals surface area contributed by atoms with E-state index < -0.39 is 17.7 Å². The summed E-state index contributed by atoms with van der Waals surface area (Å²) in [6, 6.07) is 11.2. The highest BCUT2D eigenvalue weighted by atomic mass is 19.4. The summed E-state index contributed by atoms with van der Waals surface area (Å²) in [6.07, 6.45) is -5.11. The van der Waals surface area contributed by atoms with E-state index in [1.54, 1.807) is 30.3 Å². The smallest absolute Gasteiger partial charge is 0.373 e. The third-order valence-corrected chi connectivity index (χ3v) is 3.98. The summed E-state index contributed by atoms with van der Waals surface area (Å²) < 4.78 is 38.0. The average molecular weight is 335 g/mol. The van der Waals surface area contributed by atoms with Crippen LogP contribution < -0.4 is 5.32 Å². The van der Waals surface area contributed by atoms with E-state index in [1.165, 1.54) is 12.1 Å². The second-order valence-electron chi connectivity index (χ2n) is 5.66. The van der Waals surface area contributed by atoms with Crippen molar-refractivity contribution in [2.24, 2.45) is 0 Å². The molecule has 0 spiro atoms. The Kier molecular flexibility index (Phi) is 3.49. The Labute approximate surface area is 134 Å². The molecule has 0 saturated carbocycles. The van der Waals surface area contributed by atoms with Gasteiger partial charge in [0.25, 0.3) is 5.91 Å². The van der Waals surface area contributed by atoms with E-state index in [0.717, 1.165) is 5.56 Å². The molecule has 0 aromatic heterocycles. The van der Waals surface area contributed by atoms with Crippen LogP contribution in [0.1, 0.15) is 22.8 Å². The maximum atomic E-state index is 12.7. The van der Waals surface area contributed by atoms with Crippen molar-refractivity contribution in [2.45, 2.75) is 18.7 Å². The molecule has 0 radical (unpaired) electrons. The lowest BCUT2D eigenvalue weighted by Gasteiger charge is -2.24. The number of aliphatic hydroxyl groups is 1. The largest absolute Gasteiger partial charge is 0.426 e. The molecule has 7 heteroatoms. The molecule has 124 valence electrons. The van der Waals surface area contributed by atoms with Gasteiger partial charge in [-0.25, -0.2) is 0 Å². The molecule has 2 N–H and O–H groups in total. The van der Waals surface area contributed by atoms with Gasteiger partial charge in [0.2, 0.25) is 5.60 Å². The topological polar surface area (TPSA) is 66.4 Å². The van der Waals surface area contributed by atoms with Crippen molar-refractivity contribution in [1.82, 2.24) is 0 Å². The number of carbonyl (C=O) groups is 2. The molecule has 0 aliphatic heterocycles. The first kappa shape index (κ1) is 16.2. The second kappa shape index (κ2) is 5.17. The van der Waals surface area contributed by atoms with Crippen LogP contribution in [0.4, 0.5) is 18.9 Å². The summed E-state index contributed by atoms with van der Waals surface area (Å²) >= 11 is 0. The first-order chi connectivity index (χ1) is 11.1. The van der Waals surface area contributed by atoms with Crippen LogP contribution in [0.3, 0.4) is 0 Å². The van der Waals surface area contributed by atoms with Crippen LogP contribution in [0.25, 0.3) is 11.1 Å². The molecule has 24 heavy (non-hydrogen) atoms. The van der Waals surface area contributed by atoms with Gasteiger partial charge in [-0.15, -0.1) is 0 Å². The molecule has 1 aliphatic rings. The third-order valence-electron chi connectivity index (χ3n) is 3.98. The molecule has 1 amide bonds. The minimum Gasteiger partial charge on any atom is -0.373 e. The van der Waals surface area contributed by atoms with Crippen LogP contribution in [0.5, 0.6) is 0 Å². The van der Waals surface area contributed by atoms with E-state index in [-0.39, 0.29) is 11.5 Å². The van der Waals surface area contributed by atoms with Crippen molar-refractivity contribution in [2.75, 3.05) is 5.32 Å². The molecule has 1 aliphatic carbocycles. The molecule has 0 fully saturated rings. The Morgan fingerprint density at radius 3 is 2.21 bits per heavy atom. The maximum Gasteiger partial charge on any atom is 0.426 e. The van der Waals surface area contributed by atoms with Gasteiger partial charge in [-0.2, -0.15) is 13.2 Å². The number of hydrogen-bond donors (Lipinski definition) is 2. The lowest BCUT2D eigenvalue weighted by molar-refractivity contribution is -0.242. The number of fused-ring (bicyclic) bond motifs is 3. The summed E-state index contributed by atoms with van der Waals surface area (Å²) in [6.45, 7) is 0.372. The van der Waals surface area contributed by atoms with Gasteiger partial charge in [0.1, 0.15) is 0 Å². The number of amides is 1. The van der Waals surface area contributed by atoms with E-state index in [9.17, 15) is 27.9 Å². The van der Waals surface area contributed by atoms with Crippen molar-refractivity contribution >= 4 is 17.4 Å². The zero-order valence-corrected chi connectivity index (χ0v) is 12.4. The number of carbonyl (C=O) groups excluding carboxylic acids is 2. The van der Waals surface area contributed by atoms with E-state index >= 15 is 0 Å². The highest BCUT2D eigenvalue weighted by Gasteiger charge is 2.55. The van der Waals surface area contributed by atoms with Crippen LogP contribution in [0.2, 0.25) is 0 Å². The zero-order valence-electron chi connectivity index (χ0n) is 12.4. The molecular formula is C17H12F3NO3. The molecule has 0 saturated heterocycles. The van der Waals surface area contributed by atoms with Crippen LogP contribution >= 0.6 is 0 Å². The Morgan fingerprint density at radius 1 is 1.00 bits per heavy atom. The minimum absolute atomic E-state index is 0.00410. The van der Waals surface area contributed by atoms with Crippen molar-refractivity contribution in [1.29, 1.82) is 0 Å². The molecular weight excluding hydrogens is 323 g/mol. The van der Waals surface area contributed by atoms with Crippen LogP contribution in [-0.2, 0) is 4.79 Å². The van der Waals surface area contributed by atoms with Gasteiger partial charge in [0.05, 0.1) is 0 Å². The molecule has 3 rings (SSSR count). The first-order valence-electron chi connectivity index (χ1n) is 7.01. The summed E-state index contributed by atoms with van der Waals surface area (Å²) in [5.41, 5.74) is -1.35. The first-order valence-corrected chi connectivity index (χ1v) is 7.01. The molecule has 0 heterocycles. The van der Waals surface area contributed by atoms with E-state index in [1.807, 2.05) is 5.32 Å². The number of nitrogens with one attached hydrogen (secondary N) is 1. The number of benzene rings is 2. The van der Waals surface area contributed by atoms with Gasteiger partial charge in [0, 0.05) is 16.8 Å². The monoisotopic (exact) mass is 335 g/mol. The molecule has 2 aromatic rings. The molecule has 1 atom stereocenters. The van der Waals surface area contributed by atoms with Gasteiger partial charge < -0.3 is 10.4 Å². The average Bonchev–Trinajstić information content (AvgIpc) is 2.79. The Hall–Kier alpha value is -2.67. The quantitative estimate of drug-likeness (QED) is 0.756. The lowest BCUT2D eigenvalue weighted by atomic mass is 10.0. The number of alkyl halides is 3. The number of halogens is 3. The normalized spacial score (nSPS) is 15.5. The third kappa shape index (κ3) is 2.37. The van der Waals surface area contributed by atoms with Crippen molar-refractivity contribution in [3.8, 4) is 11.1 Å². The Morgan fingerprint density at radius 2 is 1.58 bits per heavy atom. The van der Waals surface area contributed by atoms with Crippen molar-refractivity contribution in [3.05, 3.63) is 53.6 Å². The van der Waals surface area contributed by atoms with Crippen LogP contribution in [0.15, 0.2) is 42.5 Å². The van der Waals surface area contributed by atoms with Crippen molar-refractivity contribution in [3.63, 3.8) is 0 Å². The highest BCUT2D eigenvalue weighted by molar-refractivity contribution is 6.22. The van der Waals surface area contributed by atoms with Gasteiger partial charge >= 0.3 is 6.18 Å². The van der Waals surface area contributed by atoms with E-state index in [4.69, 9.17) is 0 Å². The number of hydrogen-bond acceptors (Lipinski definition) is 3. The Bertz CT molecular complexity index is 856. The minimum atomic E-state index is -5.11. The van der Waals surface area contributed by atoms with Crippen molar-refractivity contribution < 1.29 is 27.9 Å². The second-order valence-corrected chi connectivity index (χ2v) is 5.66. The molecule has 1 unspecified atom stereocenters.